The SMILES string of the molecule is C=C(C)NC(=O)CCN(C)C. The molecule has 0 spiro atoms. The minimum atomic E-state index is 0.0335. The van der Waals surface area contributed by atoms with Crippen LogP contribution < -0.4 is 5.32 Å². The number of amides is 1. The van der Waals surface area contributed by atoms with Crippen molar-refractivity contribution in [2.75, 3.05) is 20.6 Å². The van der Waals surface area contributed by atoms with Crippen molar-refractivity contribution in [2.24, 2.45) is 0 Å². The van der Waals surface area contributed by atoms with Crippen LogP contribution in [-0.2, 0) is 4.79 Å². The predicted octanol–water partition coefficient (Wildman–Crippen LogP) is 0.588. The zero-order chi connectivity index (χ0) is 8.85. The Balaban J connectivity index is 3.46. The Morgan fingerprint density at radius 2 is 2.09 bits per heavy atom. The predicted molar refractivity (Wildman–Crippen MR) is 46.1 cm³/mol. The Hall–Kier alpha value is -0.830. The van der Waals surface area contributed by atoms with Gasteiger partial charge in [-0.1, -0.05) is 6.58 Å². The molecule has 1 amide bonds. The van der Waals surface area contributed by atoms with Crippen molar-refractivity contribution in [2.45, 2.75) is 13.3 Å². The highest BCUT2D eigenvalue weighted by atomic mass is 16.1. The highest BCUT2D eigenvalue weighted by Crippen LogP contribution is 1.86. The van der Waals surface area contributed by atoms with E-state index in [2.05, 4.69) is 11.9 Å². The molecule has 64 valence electrons. The smallest absolute Gasteiger partial charge is 0.225 e. The summed E-state index contributed by atoms with van der Waals surface area (Å²) in [6.07, 6.45) is 0.528. The van der Waals surface area contributed by atoms with Crippen molar-refractivity contribution in [1.82, 2.24) is 10.2 Å². The fourth-order valence-corrected chi connectivity index (χ4v) is 0.626. The number of carbonyl (C=O) groups excluding carboxylic acids is 1. The Kier molecular flexibility index (Phi) is 4.54. The molecule has 0 radical (unpaired) electrons. The van der Waals surface area contributed by atoms with Gasteiger partial charge in [0.05, 0.1) is 0 Å². The molecule has 0 unspecified atom stereocenters. The molecule has 0 aliphatic rings. The first-order chi connectivity index (χ1) is 5.02. The maximum Gasteiger partial charge on any atom is 0.225 e. The third-order valence-electron chi connectivity index (χ3n) is 1.14. The van der Waals surface area contributed by atoms with Gasteiger partial charge in [0.2, 0.25) is 5.91 Å². The Bertz CT molecular complexity index is 152. The standard InChI is InChI=1S/C8H16N2O/c1-7(2)9-8(11)5-6-10(3)4/h1,5-6H2,2-4H3,(H,9,11). The number of nitrogens with zero attached hydrogens (tertiary/aromatic N) is 1. The number of allylic oxidation sites excluding steroid dienone is 1. The molecule has 0 aromatic heterocycles. The first-order valence-corrected chi connectivity index (χ1v) is 3.62. The summed E-state index contributed by atoms with van der Waals surface area (Å²) in [6, 6.07) is 0. The van der Waals surface area contributed by atoms with Gasteiger partial charge in [-0.3, -0.25) is 4.79 Å². The molecule has 0 bridgehead atoms. The highest BCUT2D eigenvalue weighted by Gasteiger charge is 2.00. The van der Waals surface area contributed by atoms with Crippen molar-refractivity contribution < 1.29 is 4.79 Å². The van der Waals surface area contributed by atoms with Crippen LogP contribution in [0.4, 0.5) is 0 Å². The molecule has 11 heavy (non-hydrogen) atoms. The van der Waals surface area contributed by atoms with E-state index in [1.165, 1.54) is 0 Å². The number of hydrogen-bond acceptors (Lipinski definition) is 2. The summed E-state index contributed by atoms with van der Waals surface area (Å²) >= 11 is 0. The Morgan fingerprint density at radius 1 is 1.55 bits per heavy atom. The van der Waals surface area contributed by atoms with Crippen LogP contribution in [0.15, 0.2) is 12.3 Å². The summed E-state index contributed by atoms with van der Waals surface area (Å²) in [7, 11) is 3.88. The molecule has 0 aromatic carbocycles. The van der Waals surface area contributed by atoms with Gasteiger partial charge in [0.15, 0.2) is 0 Å². The number of carbonyl (C=O) groups is 1. The number of hydrogen-bond donors (Lipinski definition) is 1. The largest absolute Gasteiger partial charge is 0.331 e. The maximum atomic E-state index is 11.0. The fourth-order valence-electron chi connectivity index (χ4n) is 0.626. The van der Waals surface area contributed by atoms with E-state index in [9.17, 15) is 4.79 Å². The second-order valence-corrected chi connectivity index (χ2v) is 2.88. The summed E-state index contributed by atoms with van der Waals surface area (Å²) in [6.45, 7) is 6.12. The zero-order valence-corrected chi connectivity index (χ0v) is 7.48. The lowest BCUT2D eigenvalue weighted by Crippen LogP contribution is -2.25. The van der Waals surface area contributed by atoms with Crippen LogP contribution in [0, 0.1) is 0 Å². The van der Waals surface area contributed by atoms with Crippen LogP contribution in [0.5, 0.6) is 0 Å². The lowest BCUT2D eigenvalue weighted by molar-refractivity contribution is -0.120. The summed E-state index contributed by atoms with van der Waals surface area (Å²) in [5.41, 5.74) is 0.703. The minimum Gasteiger partial charge on any atom is -0.331 e. The van der Waals surface area contributed by atoms with E-state index in [1.807, 2.05) is 19.0 Å². The molecule has 1 N–H and O–H groups in total. The third kappa shape index (κ3) is 7.06. The quantitative estimate of drug-likeness (QED) is 0.646. The van der Waals surface area contributed by atoms with E-state index >= 15 is 0 Å². The highest BCUT2D eigenvalue weighted by molar-refractivity contribution is 5.77. The van der Waals surface area contributed by atoms with Gasteiger partial charge in [0.1, 0.15) is 0 Å². The van der Waals surface area contributed by atoms with Gasteiger partial charge >= 0.3 is 0 Å². The molecule has 0 fully saturated rings. The van der Waals surface area contributed by atoms with Gasteiger partial charge in [-0.2, -0.15) is 0 Å². The second kappa shape index (κ2) is 4.91. The van der Waals surface area contributed by atoms with E-state index in [-0.39, 0.29) is 5.91 Å². The molecule has 0 saturated carbocycles. The maximum absolute atomic E-state index is 11.0. The Morgan fingerprint density at radius 3 is 2.45 bits per heavy atom. The summed E-state index contributed by atoms with van der Waals surface area (Å²) in [4.78, 5) is 12.9. The zero-order valence-electron chi connectivity index (χ0n) is 7.48. The molecule has 3 heteroatoms. The normalized spacial score (nSPS) is 9.82. The topological polar surface area (TPSA) is 32.3 Å². The third-order valence-corrected chi connectivity index (χ3v) is 1.14. The number of nitrogens with one attached hydrogen (secondary N) is 1. The van der Waals surface area contributed by atoms with Crippen LogP contribution in [0.1, 0.15) is 13.3 Å². The van der Waals surface area contributed by atoms with E-state index < -0.39 is 0 Å². The van der Waals surface area contributed by atoms with Gasteiger partial charge in [0, 0.05) is 18.7 Å². The van der Waals surface area contributed by atoms with Crippen LogP contribution in [0.2, 0.25) is 0 Å². The van der Waals surface area contributed by atoms with Crippen LogP contribution in [-0.4, -0.2) is 31.4 Å². The molecular weight excluding hydrogens is 140 g/mol. The number of rotatable bonds is 4. The summed E-state index contributed by atoms with van der Waals surface area (Å²) in [5, 5.41) is 2.64. The van der Waals surface area contributed by atoms with E-state index in [1.54, 1.807) is 6.92 Å². The summed E-state index contributed by atoms with van der Waals surface area (Å²) < 4.78 is 0. The average Bonchev–Trinajstić information content (AvgIpc) is 1.82. The van der Waals surface area contributed by atoms with Crippen LogP contribution in [0.25, 0.3) is 0 Å². The molecule has 0 atom stereocenters. The van der Waals surface area contributed by atoms with Crippen molar-refractivity contribution in [1.29, 1.82) is 0 Å². The van der Waals surface area contributed by atoms with Crippen molar-refractivity contribution in [3.8, 4) is 0 Å². The molecular formula is C8H16N2O. The van der Waals surface area contributed by atoms with E-state index in [0.29, 0.717) is 12.1 Å². The van der Waals surface area contributed by atoms with E-state index in [4.69, 9.17) is 0 Å². The molecule has 0 aliphatic carbocycles. The first-order valence-electron chi connectivity index (χ1n) is 3.62. The van der Waals surface area contributed by atoms with E-state index in [0.717, 1.165) is 6.54 Å². The van der Waals surface area contributed by atoms with Crippen LogP contribution >= 0.6 is 0 Å². The summed E-state index contributed by atoms with van der Waals surface area (Å²) in [5.74, 6) is 0.0335. The molecule has 0 heterocycles. The van der Waals surface area contributed by atoms with Gasteiger partial charge < -0.3 is 10.2 Å². The lowest BCUT2D eigenvalue weighted by Gasteiger charge is -2.08. The molecule has 0 rings (SSSR count). The first kappa shape index (κ1) is 10.2. The van der Waals surface area contributed by atoms with Crippen molar-refractivity contribution in [3.63, 3.8) is 0 Å². The molecule has 0 aromatic rings. The van der Waals surface area contributed by atoms with Gasteiger partial charge in [-0.25, -0.2) is 0 Å². The Labute approximate surface area is 68.1 Å². The monoisotopic (exact) mass is 156 g/mol. The average molecular weight is 156 g/mol. The van der Waals surface area contributed by atoms with Crippen molar-refractivity contribution in [3.05, 3.63) is 12.3 Å². The van der Waals surface area contributed by atoms with Crippen LogP contribution in [0.3, 0.4) is 0 Å². The molecule has 0 saturated heterocycles. The molecule has 3 nitrogen and oxygen atoms in total. The minimum absolute atomic E-state index is 0.0335. The van der Waals surface area contributed by atoms with Crippen molar-refractivity contribution >= 4 is 5.91 Å². The second-order valence-electron chi connectivity index (χ2n) is 2.88. The molecule has 0 aliphatic heterocycles. The van der Waals surface area contributed by atoms with Gasteiger partial charge in [0.25, 0.3) is 0 Å². The van der Waals surface area contributed by atoms with Gasteiger partial charge in [-0.05, 0) is 21.0 Å². The van der Waals surface area contributed by atoms with Gasteiger partial charge in [-0.15, -0.1) is 0 Å². The lowest BCUT2D eigenvalue weighted by atomic mass is 10.3. The fraction of sp³-hybridized carbons (Fsp3) is 0.625.